The molecule has 53 heavy (non-hydrogen) atoms. The zero-order valence-electron chi connectivity index (χ0n) is 30.0. The third-order valence-electron chi connectivity index (χ3n) is 11.1. The van der Waals surface area contributed by atoms with Gasteiger partial charge in [-0.1, -0.05) is 141 Å². The van der Waals surface area contributed by atoms with E-state index in [1.807, 2.05) is 0 Å². The van der Waals surface area contributed by atoms with Crippen molar-refractivity contribution in [3.05, 3.63) is 193 Å². The third-order valence-corrected chi connectivity index (χ3v) is 11.1. The molecule has 0 unspecified atom stereocenters. The average molecular weight is 683 g/mol. The molecule has 2 aliphatic heterocycles. The van der Waals surface area contributed by atoms with Gasteiger partial charge in [-0.2, -0.15) is 0 Å². The molecule has 3 heteroatoms. The van der Waals surface area contributed by atoms with E-state index < -0.39 is 0 Å². The number of rotatable bonds is 5. The highest BCUT2D eigenvalue weighted by Crippen LogP contribution is 2.63. The van der Waals surface area contributed by atoms with Gasteiger partial charge in [-0.05, 0) is 99.6 Å². The van der Waals surface area contributed by atoms with Gasteiger partial charge in [-0.25, -0.2) is 0 Å². The van der Waals surface area contributed by atoms with Crippen LogP contribution in [0.25, 0.3) is 33.0 Å². The molecule has 8 aromatic rings. The summed E-state index contributed by atoms with van der Waals surface area (Å²) < 4.78 is 6.76. The fourth-order valence-corrected chi connectivity index (χ4v) is 8.60. The number of benzene rings is 8. The van der Waals surface area contributed by atoms with Crippen LogP contribution in [0, 0.1) is 6.92 Å². The lowest BCUT2D eigenvalue weighted by molar-refractivity contribution is 0.471. The number of hydrogen-bond donors (Lipinski definition) is 0. The molecular formula is C50H38N2O. The summed E-state index contributed by atoms with van der Waals surface area (Å²) in [5.41, 5.74) is 14.9. The van der Waals surface area contributed by atoms with Crippen molar-refractivity contribution in [2.24, 2.45) is 0 Å². The van der Waals surface area contributed by atoms with Gasteiger partial charge >= 0.3 is 0 Å². The van der Waals surface area contributed by atoms with E-state index >= 15 is 0 Å². The fraction of sp³-hybridized carbons (Fsp3) is 0.0800. The van der Waals surface area contributed by atoms with Crippen LogP contribution in [-0.4, -0.2) is 0 Å². The van der Waals surface area contributed by atoms with Crippen LogP contribution in [0.5, 0.6) is 11.5 Å². The molecule has 8 aromatic carbocycles. The molecule has 0 bridgehead atoms. The van der Waals surface area contributed by atoms with Gasteiger partial charge < -0.3 is 14.5 Å². The second-order valence-corrected chi connectivity index (χ2v) is 14.6. The molecule has 0 aliphatic carbocycles. The van der Waals surface area contributed by atoms with Crippen molar-refractivity contribution in [2.45, 2.75) is 26.2 Å². The maximum Gasteiger partial charge on any atom is 0.152 e. The second-order valence-electron chi connectivity index (χ2n) is 14.6. The van der Waals surface area contributed by atoms with E-state index in [2.05, 4.69) is 206 Å². The summed E-state index contributed by atoms with van der Waals surface area (Å²) in [4.78, 5) is 4.88. The first-order valence-electron chi connectivity index (χ1n) is 18.4. The first-order valence-corrected chi connectivity index (χ1v) is 18.4. The Morgan fingerprint density at radius 2 is 1.13 bits per heavy atom. The molecule has 0 spiro atoms. The zero-order chi connectivity index (χ0) is 35.7. The first-order chi connectivity index (χ1) is 26.0. The van der Waals surface area contributed by atoms with E-state index in [-0.39, 0.29) is 5.41 Å². The Bertz CT molecular complexity index is 2670. The van der Waals surface area contributed by atoms with E-state index in [9.17, 15) is 0 Å². The molecule has 254 valence electrons. The second kappa shape index (κ2) is 12.0. The molecule has 0 atom stereocenters. The smallest absolute Gasteiger partial charge is 0.152 e. The fourth-order valence-electron chi connectivity index (χ4n) is 8.60. The lowest BCUT2D eigenvalue weighted by Gasteiger charge is -2.47. The quantitative estimate of drug-likeness (QED) is 0.180. The Hall–Kier alpha value is -6.58. The van der Waals surface area contributed by atoms with Crippen molar-refractivity contribution in [2.75, 3.05) is 9.80 Å². The molecule has 10 rings (SSSR count). The SMILES string of the molecule is Cc1cccc2c1N1c3ccccc3C(C)(C)c3c(N(c4ccc(-c5ccccc5)cc4)c4ccc(-c5cccc6ccccc56)cc4)ccc(c31)O2. The van der Waals surface area contributed by atoms with Gasteiger partial charge in [0.1, 0.15) is 0 Å². The van der Waals surface area contributed by atoms with Gasteiger partial charge in [0.15, 0.2) is 11.5 Å². The van der Waals surface area contributed by atoms with Gasteiger partial charge in [0.2, 0.25) is 0 Å². The van der Waals surface area contributed by atoms with Gasteiger partial charge in [0, 0.05) is 22.4 Å². The van der Waals surface area contributed by atoms with Crippen LogP contribution in [0.1, 0.15) is 30.5 Å². The molecule has 0 aromatic heterocycles. The standard InChI is InChI=1S/C50H38N2O/c1-33-13-11-22-45-48(33)52-43-21-10-9-20-42(43)50(2,3)47-44(31-32-46(53-45)49(47)52)51(38-27-23-35(24-28-38)34-14-5-4-6-15-34)39-29-25-37(26-30-39)41-19-12-17-36-16-7-8-18-40(36)41/h4-32H,1-3H3. The molecule has 2 aliphatic rings. The summed E-state index contributed by atoms with van der Waals surface area (Å²) in [5.74, 6) is 1.75. The van der Waals surface area contributed by atoms with Crippen LogP contribution in [0.3, 0.4) is 0 Å². The Labute approximate surface area is 311 Å². The number of aryl methyl sites for hydroxylation is 1. The van der Waals surface area contributed by atoms with Crippen molar-refractivity contribution < 1.29 is 4.74 Å². The summed E-state index contributed by atoms with van der Waals surface area (Å²) in [5, 5.41) is 2.50. The highest BCUT2D eigenvalue weighted by Gasteiger charge is 2.44. The Morgan fingerprint density at radius 3 is 1.92 bits per heavy atom. The van der Waals surface area contributed by atoms with Gasteiger partial charge in [-0.15, -0.1) is 0 Å². The van der Waals surface area contributed by atoms with E-state index in [0.717, 1.165) is 39.9 Å². The van der Waals surface area contributed by atoms with Crippen molar-refractivity contribution in [3.8, 4) is 33.8 Å². The Morgan fingerprint density at radius 1 is 0.509 bits per heavy atom. The zero-order valence-corrected chi connectivity index (χ0v) is 30.0. The van der Waals surface area contributed by atoms with Gasteiger partial charge in [-0.3, -0.25) is 0 Å². The lowest BCUT2D eigenvalue weighted by atomic mass is 9.72. The summed E-state index contributed by atoms with van der Waals surface area (Å²) in [7, 11) is 0. The topological polar surface area (TPSA) is 15.7 Å². The van der Waals surface area contributed by atoms with Crippen LogP contribution < -0.4 is 14.5 Å². The van der Waals surface area contributed by atoms with Crippen LogP contribution >= 0.6 is 0 Å². The van der Waals surface area contributed by atoms with E-state index in [4.69, 9.17) is 4.74 Å². The first kappa shape index (κ1) is 31.2. The molecule has 2 heterocycles. The van der Waals surface area contributed by atoms with Crippen LogP contribution in [-0.2, 0) is 5.41 Å². The van der Waals surface area contributed by atoms with Crippen molar-refractivity contribution >= 4 is 44.9 Å². The largest absolute Gasteiger partial charge is 0.453 e. The number of ether oxygens (including phenoxy) is 1. The lowest BCUT2D eigenvalue weighted by Crippen LogP contribution is -2.34. The maximum absolute atomic E-state index is 6.76. The normalized spacial score (nSPS) is 13.5. The third kappa shape index (κ3) is 4.88. The van der Waals surface area contributed by atoms with Crippen molar-refractivity contribution in [1.29, 1.82) is 0 Å². The van der Waals surface area contributed by atoms with E-state index in [0.29, 0.717) is 0 Å². The van der Waals surface area contributed by atoms with Crippen molar-refractivity contribution in [3.63, 3.8) is 0 Å². The summed E-state index contributed by atoms with van der Waals surface area (Å²) in [6.07, 6.45) is 0. The van der Waals surface area contributed by atoms with Crippen LogP contribution in [0.4, 0.5) is 34.1 Å². The van der Waals surface area contributed by atoms with Crippen LogP contribution in [0.2, 0.25) is 0 Å². The van der Waals surface area contributed by atoms with E-state index in [1.54, 1.807) is 0 Å². The van der Waals surface area contributed by atoms with Gasteiger partial charge in [0.25, 0.3) is 0 Å². The highest BCUT2D eigenvalue weighted by molar-refractivity contribution is 5.99. The number of nitrogens with zero attached hydrogens (tertiary/aromatic N) is 2. The monoisotopic (exact) mass is 682 g/mol. The molecule has 0 saturated heterocycles. The minimum Gasteiger partial charge on any atom is -0.453 e. The molecule has 0 fully saturated rings. The molecular weight excluding hydrogens is 645 g/mol. The molecule has 0 N–H and O–H groups in total. The Balaban J connectivity index is 1.20. The minimum atomic E-state index is -0.345. The molecule has 0 amide bonds. The number of anilines is 6. The number of para-hydroxylation sites is 2. The van der Waals surface area contributed by atoms with E-state index in [1.165, 1.54) is 55.4 Å². The average Bonchev–Trinajstić information content (AvgIpc) is 3.20. The molecule has 0 saturated carbocycles. The number of hydrogen-bond acceptors (Lipinski definition) is 3. The van der Waals surface area contributed by atoms with Crippen molar-refractivity contribution in [1.82, 2.24) is 0 Å². The summed E-state index contributed by atoms with van der Waals surface area (Å²) in [6.45, 7) is 6.89. The van der Waals surface area contributed by atoms with Gasteiger partial charge in [0.05, 0.1) is 22.7 Å². The molecule has 0 radical (unpaired) electrons. The maximum atomic E-state index is 6.76. The van der Waals surface area contributed by atoms with Crippen LogP contribution in [0.15, 0.2) is 176 Å². The summed E-state index contributed by atoms with van der Waals surface area (Å²) in [6, 6.07) is 63.4. The highest BCUT2D eigenvalue weighted by atomic mass is 16.5. The predicted molar refractivity (Wildman–Crippen MR) is 221 cm³/mol. The number of fused-ring (bicyclic) bond motifs is 5. The Kier molecular flexibility index (Phi) is 7.06. The predicted octanol–water partition coefficient (Wildman–Crippen LogP) is 14.2. The molecule has 3 nitrogen and oxygen atoms in total. The summed E-state index contributed by atoms with van der Waals surface area (Å²) >= 11 is 0. The minimum absolute atomic E-state index is 0.345.